The zero-order chi connectivity index (χ0) is 15.2. The molecule has 3 rings (SSSR count). The lowest BCUT2D eigenvalue weighted by molar-refractivity contribution is 0.251. The number of hydrogen-bond donors (Lipinski definition) is 2. The van der Waals surface area contributed by atoms with Crippen molar-refractivity contribution < 1.29 is 4.79 Å². The lowest BCUT2D eigenvalue weighted by Gasteiger charge is -2.04. The number of carbonyl (C=O) groups is 1. The van der Waals surface area contributed by atoms with Crippen molar-refractivity contribution >= 4 is 22.5 Å². The van der Waals surface area contributed by atoms with Gasteiger partial charge in [0.05, 0.1) is 12.2 Å². The van der Waals surface area contributed by atoms with E-state index in [1.165, 1.54) is 37.0 Å². The zero-order valence-electron chi connectivity index (χ0n) is 12.3. The molecular weight excluding hydrogens is 298 g/mol. The molecular formula is C15H19N5OS. The van der Waals surface area contributed by atoms with Gasteiger partial charge < -0.3 is 5.32 Å². The van der Waals surface area contributed by atoms with Gasteiger partial charge in [0.2, 0.25) is 5.13 Å². The standard InChI is InChI=1S/C15H19N5OS/c21-14(17-10-12-7-3-4-8-16-12)18-15-20-19-13(22-15)9-11-5-1-2-6-11/h3-4,7-8,11H,1-2,5-6,9-10H2,(H2,17,18,20,21). The van der Waals surface area contributed by atoms with Crippen molar-refractivity contribution in [3.05, 3.63) is 35.1 Å². The summed E-state index contributed by atoms with van der Waals surface area (Å²) in [5.74, 6) is 0.735. The van der Waals surface area contributed by atoms with Crippen LogP contribution >= 0.6 is 11.3 Å². The van der Waals surface area contributed by atoms with Gasteiger partial charge in [-0.05, 0) is 18.1 Å². The lowest BCUT2D eigenvalue weighted by Crippen LogP contribution is -2.28. The summed E-state index contributed by atoms with van der Waals surface area (Å²) < 4.78 is 0. The Labute approximate surface area is 133 Å². The van der Waals surface area contributed by atoms with Gasteiger partial charge in [0.1, 0.15) is 5.01 Å². The number of carbonyl (C=O) groups excluding carboxylic acids is 1. The third-order valence-corrected chi connectivity index (χ3v) is 4.64. The first-order valence-electron chi connectivity index (χ1n) is 7.57. The fraction of sp³-hybridized carbons (Fsp3) is 0.467. The molecule has 1 fully saturated rings. The number of anilines is 1. The Kier molecular flexibility index (Phi) is 4.95. The summed E-state index contributed by atoms with van der Waals surface area (Å²) in [6.07, 6.45) is 7.90. The van der Waals surface area contributed by atoms with Crippen LogP contribution in [0.25, 0.3) is 0 Å². The van der Waals surface area contributed by atoms with Crippen LogP contribution in [-0.2, 0) is 13.0 Å². The maximum absolute atomic E-state index is 11.8. The van der Waals surface area contributed by atoms with Crippen molar-refractivity contribution in [2.45, 2.75) is 38.6 Å². The summed E-state index contributed by atoms with van der Waals surface area (Å²) >= 11 is 1.46. The smallest absolute Gasteiger partial charge is 0.321 e. The number of nitrogens with one attached hydrogen (secondary N) is 2. The molecule has 0 unspecified atom stereocenters. The second-order valence-electron chi connectivity index (χ2n) is 5.48. The predicted octanol–water partition coefficient (Wildman–Crippen LogP) is 2.99. The van der Waals surface area contributed by atoms with Gasteiger partial charge in [-0.2, -0.15) is 0 Å². The van der Waals surface area contributed by atoms with E-state index in [-0.39, 0.29) is 6.03 Å². The molecule has 0 aliphatic heterocycles. The number of hydrogen-bond acceptors (Lipinski definition) is 5. The highest BCUT2D eigenvalue weighted by molar-refractivity contribution is 7.15. The molecule has 7 heteroatoms. The van der Waals surface area contributed by atoms with Crippen molar-refractivity contribution in [2.24, 2.45) is 5.92 Å². The lowest BCUT2D eigenvalue weighted by atomic mass is 10.1. The topological polar surface area (TPSA) is 79.8 Å². The van der Waals surface area contributed by atoms with Gasteiger partial charge in [-0.1, -0.05) is 43.1 Å². The molecule has 0 bridgehead atoms. The highest BCUT2D eigenvalue weighted by Crippen LogP contribution is 2.29. The summed E-state index contributed by atoms with van der Waals surface area (Å²) in [6, 6.07) is 5.32. The third kappa shape index (κ3) is 4.24. The fourth-order valence-corrected chi connectivity index (χ4v) is 3.51. The van der Waals surface area contributed by atoms with E-state index in [1.54, 1.807) is 6.20 Å². The average Bonchev–Trinajstić information content (AvgIpc) is 3.19. The first kappa shape index (κ1) is 14.9. The SMILES string of the molecule is O=C(NCc1ccccn1)Nc1nnc(CC2CCCC2)s1. The molecule has 0 saturated heterocycles. The highest BCUT2D eigenvalue weighted by atomic mass is 32.1. The molecule has 1 saturated carbocycles. The Hall–Kier alpha value is -2.02. The molecule has 2 aromatic rings. The van der Waals surface area contributed by atoms with E-state index in [0.717, 1.165) is 23.0 Å². The molecule has 6 nitrogen and oxygen atoms in total. The van der Waals surface area contributed by atoms with Crippen molar-refractivity contribution in [3.8, 4) is 0 Å². The molecule has 0 spiro atoms. The van der Waals surface area contributed by atoms with E-state index in [0.29, 0.717) is 11.7 Å². The van der Waals surface area contributed by atoms with E-state index in [2.05, 4.69) is 25.8 Å². The van der Waals surface area contributed by atoms with Crippen LogP contribution in [0.2, 0.25) is 0 Å². The maximum atomic E-state index is 11.8. The number of aromatic nitrogens is 3. The monoisotopic (exact) mass is 317 g/mol. The number of nitrogens with zero attached hydrogens (tertiary/aromatic N) is 3. The summed E-state index contributed by atoms with van der Waals surface area (Å²) in [7, 11) is 0. The van der Waals surface area contributed by atoms with Gasteiger partial charge in [-0.25, -0.2) is 4.79 Å². The molecule has 2 aromatic heterocycles. The molecule has 0 radical (unpaired) electrons. The molecule has 116 valence electrons. The van der Waals surface area contributed by atoms with Crippen molar-refractivity contribution in [1.29, 1.82) is 0 Å². The molecule has 1 aliphatic rings. The summed E-state index contributed by atoms with van der Waals surface area (Å²) in [4.78, 5) is 16.0. The van der Waals surface area contributed by atoms with Crippen LogP contribution in [0.1, 0.15) is 36.4 Å². The molecule has 2 heterocycles. The molecule has 2 N–H and O–H groups in total. The van der Waals surface area contributed by atoms with Crippen LogP contribution in [0, 0.1) is 5.92 Å². The van der Waals surface area contributed by atoms with Gasteiger partial charge in [0.15, 0.2) is 0 Å². The fourth-order valence-electron chi connectivity index (χ4n) is 2.66. The number of amides is 2. The second kappa shape index (κ2) is 7.31. The zero-order valence-corrected chi connectivity index (χ0v) is 13.1. The molecule has 0 aromatic carbocycles. The molecule has 22 heavy (non-hydrogen) atoms. The van der Waals surface area contributed by atoms with E-state index in [4.69, 9.17) is 0 Å². The minimum atomic E-state index is -0.283. The molecule has 2 amide bonds. The van der Waals surface area contributed by atoms with Gasteiger partial charge in [-0.3, -0.25) is 10.3 Å². The van der Waals surface area contributed by atoms with Crippen molar-refractivity contribution in [1.82, 2.24) is 20.5 Å². The minimum absolute atomic E-state index is 0.283. The highest BCUT2D eigenvalue weighted by Gasteiger charge is 2.18. The summed E-state index contributed by atoms with van der Waals surface area (Å²) in [5.41, 5.74) is 0.817. The van der Waals surface area contributed by atoms with Crippen molar-refractivity contribution in [3.63, 3.8) is 0 Å². The van der Waals surface area contributed by atoms with Crippen LogP contribution in [0.15, 0.2) is 24.4 Å². The Morgan fingerprint density at radius 3 is 2.91 bits per heavy atom. The second-order valence-corrected chi connectivity index (χ2v) is 6.55. The normalized spacial score (nSPS) is 14.9. The predicted molar refractivity (Wildman–Crippen MR) is 85.7 cm³/mol. The van der Waals surface area contributed by atoms with Crippen LogP contribution in [0.3, 0.4) is 0 Å². The van der Waals surface area contributed by atoms with Crippen LogP contribution in [0.5, 0.6) is 0 Å². The average molecular weight is 317 g/mol. The third-order valence-electron chi connectivity index (χ3n) is 3.78. The van der Waals surface area contributed by atoms with E-state index in [9.17, 15) is 4.79 Å². The Morgan fingerprint density at radius 2 is 2.14 bits per heavy atom. The quantitative estimate of drug-likeness (QED) is 0.888. The Morgan fingerprint density at radius 1 is 1.27 bits per heavy atom. The van der Waals surface area contributed by atoms with E-state index < -0.39 is 0 Å². The van der Waals surface area contributed by atoms with Crippen molar-refractivity contribution in [2.75, 3.05) is 5.32 Å². The van der Waals surface area contributed by atoms with Crippen LogP contribution < -0.4 is 10.6 Å². The van der Waals surface area contributed by atoms with Gasteiger partial charge in [0, 0.05) is 12.6 Å². The van der Waals surface area contributed by atoms with Gasteiger partial charge in [-0.15, -0.1) is 10.2 Å². The number of rotatable bonds is 5. The minimum Gasteiger partial charge on any atom is -0.332 e. The summed E-state index contributed by atoms with van der Waals surface area (Å²) in [5, 5.41) is 15.2. The maximum Gasteiger partial charge on any atom is 0.321 e. The van der Waals surface area contributed by atoms with E-state index >= 15 is 0 Å². The Bertz CT molecular complexity index is 609. The molecule has 1 aliphatic carbocycles. The largest absolute Gasteiger partial charge is 0.332 e. The number of urea groups is 1. The van der Waals surface area contributed by atoms with Gasteiger partial charge in [0.25, 0.3) is 0 Å². The van der Waals surface area contributed by atoms with Crippen LogP contribution in [0.4, 0.5) is 9.93 Å². The molecule has 0 atom stereocenters. The Balaban J connectivity index is 1.46. The first-order valence-corrected chi connectivity index (χ1v) is 8.38. The van der Waals surface area contributed by atoms with Crippen LogP contribution in [-0.4, -0.2) is 21.2 Å². The van der Waals surface area contributed by atoms with E-state index in [1.807, 2.05) is 18.2 Å². The van der Waals surface area contributed by atoms with Gasteiger partial charge >= 0.3 is 6.03 Å². The number of pyridine rings is 1. The summed E-state index contributed by atoms with van der Waals surface area (Å²) in [6.45, 7) is 0.389. The first-order chi connectivity index (χ1) is 10.8.